The second-order valence-electron chi connectivity index (χ2n) is 15.1. The average Bonchev–Trinajstić information content (AvgIpc) is 3.41. The topological polar surface area (TPSA) is 89.2 Å². The van der Waals surface area contributed by atoms with Crippen LogP contribution in [0.1, 0.15) is 68.1 Å². The van der Waals surface area contributed by atoms with Crippen molar-refractivity contribution in [2.45, 2.75) is 57.8 Å². The lowest BCUT2D eigenvalue weighted by atomic mass is 9.49. The quantitative estimate of drug-likeness (QED) is 0.0804. The van der Waals surface area contributed by atoms with E-state index in [1.165, 1.54) is 41.5 Å². The minimum absolute atomic E-state index is 0.0842. The van der Waals surface area contributed by atoms with Gasteiger partial charge in [0, 0.05) is 5.69 Å². The highest BCUT2D eigenvalue weighted by molar-refractivity contribution is 5.81. The normalized spacial score (nSPS) is 23.1. The molecule has 274 valence electrons. The Morgan fingerprint density at radius 3 is 1.83 bits per heavy atom. The number of carbonyl (C=O) groups is 1. The van der Waals surface area contributed by atoms with Gasteiger partial charge in [0.15, 0.2) is 0 Å². The molecule has 3 aromatic carbocycles. The van der Waals surface area contributed by atoms with Crippen LogP contribution in [0.3, 0.4) is 0 Å². The first-order valence-corrected chi connectivity index (χ1v) is 19.2. The van der Waals surface area contributed by atoms with Crippen LogP contribution in [0, 0.1) is 23.2 Å². The van der Waals surface area contributed by atoms with Crippen LogP contribution in [0.15, 0.2) is 97.1 Å². The molecule has 0 heterocycles. The second kappa shape index (κ2) is 17.5. The van der Waals surface area contributed by atoms with Gasteiger partial charge >= 0.3 is 5.97 Å². The summed E-state index contributed by atoms with van der Waals surface area (Å²) in [6, 6.07) is 24.4. The number of rotatable bonds is 18. The SMILES string of the molecule is Nc1ccc(C2=CC=C(c3ccc(OCCOCCOCCOc4ccc(CCCOC(=O)C56CC7CC(CC(C7)C5)C6)cc4)cc3)CC=C2)cc1. The number of carbonyl (C=O) groups excluding carboxylic acids is 1. The highest BCUT2D eigenvalue weighted by Crippen LogP contribution is 2.60. The summed E-state index contributed by atoms with van der Waals surface area (Å²) in [5.74, 6) is 4.01. The molecule has 5 aliphatic carbocycles. The van der Waals surface area contributed by atoms with E-state index >= 15 is 0 Å². The largest absolute Gasteiger partial charge is 0.491 e. The minimum Gasteiger partial charge on any atom is -0.491 e. The van der Waals surface area contributed by atoms with Crippen LogP contribution in [0.25, 0.3) is 11.1 Å². The molecule has 52 heavy (non-hydrogen) atoms. The van der Waals surface area contributed by atoms with Gasteiger partial charge in [0.05, 0.1) is 38.4 Å². The van der Waals surface area contributed by atoms with Crippen molar-refractivity contribution in [2.24, 2.45) is 23.2 Å². The fourth-order valence-electron chi connectivity index (χ4n) is 8.94. The first kappa shape index (κ1) is 36.0. The molecule has 0 aromatic heterocycles. The number of nitrogen functional groups attached to an aromatic ring is 1. The van der Waals surface area contributed by atoms with Gasteiger partial charge in [-0.05, 0) is 140 Å². The Hall–Kier alpha value is -4.33. The van der Waals surface area contributed by atoms with Crippen molar-refractivity contribution in [1.29, 1.82) is 0 Å². The van der Waals surface area contributed by atoms with E-state index in [0.29, 0.717) is 46.2 Å². The van der Waals surface area contributed by atoms with Crippen molar-refractivity contribution in [2.75, 3.05) is 52.0 Å². The summed E-state index contributed by atoms with van der Waals surface area (Å²) in [7, 11) is 0. The lowest BCUT2D eigenvalue weighted by molar-refractivity contribution is -0.171. The maximum Gasteiger partial charge on any atom is 0.312 e. The summed E-state index contributed by atoms with van der Waals surface area (Å²) in [5.41, 5.74) is 12.4. The Morgan fingerprint density at radius 2 is 1.21 bits per heavy atom. The highest BCUT2D eigenvalue weighted by Gasteiger charge is 2.55. The molecular formula is C45H53NO6. The second-order valence-corrected chi connectivity index (χ2v) is 15.1. The van der Waals surface area contributed by atoms with E-state index in [-0.39, 0.29) is 11.4 Å². The van der Waals surface area contributed by atoms with Crippen LogP contribution in [-0.4, -0.2) is 52.2 Å². The van der Waals surface area contributed by atoms with Crippen molar-refractivity contribution >= 4 is 22.8 Å². The average molecular weight is 704 g/mol. The standard InChI is InChI=1S/C45H53NO6/c46-41-14-10-39(11-15-41)37-4-1-5-38(9-8-37)40-12-18-43(19-13-40)51-26-24-49-22-21-48-23-25-50-42-16-6-33(7-17-42)3-2-20-52-44(47)45-30-34-27-35(31-45)29-36(28-34)32-45/h1,4,6-19,34-36H,2-3,5,20-32,46H2. The van der Waals surface area contributed by atoms with Crippen molar-refractivity contribution in [3.05, 3.63) is 114 Å². The number of anilines is 1. The number of aryl methyl sites for hydroxylation is 1. The van der Waals surface area contributed by atoms with Gasteiger partial charge in [-0.3, -0.25) is 4.79 Å². The number of hydrogen-bond acceptors (Lipinski definition) is 7. The maximum atomic E-state index is 13.1. The van der Waals surface area contributed by atoms with Crippen molar-refractivity contribution in [3.8, 4) is 11.5 Å². The van der Waals surface area contributed by atoms with Gasteiger partial charge in [-0.2, -0.15) is 0 Å². The van der Waals surface area contributed by atoms with Crippen molar-refractivity contribution in [3.63, 3.8) is 0 Å². The molecule has 7 heteroatoms. The van der Waals surface area contributed by atoms with Crippen LogP contribution in [0.5, 0.6) is 11.5 Å². The van der Waals surface area contributed by atoms with Gasteiger partial charge < -0.3 is 29.4 Å². The zero-order valence-corrected chi connectivity index (χ0v) is 30.3. The Kier molecular flexibility index (Phi) is 12.1. The van der Waals surface area contributed by atoms with E-state index < -0.39 is 0 Å². The van der Waals surface area contributed by atoms with Gasteiger partial charge in [0.1, 0.15) is 24.7 Å². The van der Waals surface area contributed by atoms with Gasteiger partial charge in [-0.15, -0.1) is 0 Å². The monoisotopic (exact) mass is 703 g/mol. The summed E-state index contributed by atoms with van der Waals surface area (Å²) >= 11 is 0. The Morgan fingerprint density at radius 1 is 0.654 bits per heavy atom. The predicted octanol–water partition coefficient (Wildman–Crippen LogP) is 8.88. The molecule has 5 aliphatic rings. The molecule has 4 bridgehead atoms. The fraction of sp³-hybridized carbons (Fsp3) is 0.444. The molecule has 0 spiro atoms. The van der Waals surface area contributed by atoms with Gasteiger partial charge in [0.2, 0.25) is 0 Å². The summed E-state index contributed by atoms with van der Waals surface area (Å²) in [4.78, 5) is 13.1. The summed E-state index contributed by atoms with van der Waals surface area (Å²) < 4.78 is 28.9. The molecule has 0 amide bonds. The van der Waals surface area contributed by atoms with Crippen molar-refractivity contribution < 1.29 is 28.5 Å². The Bertz CT molecular complexity index is 1670. The number of esters is 1. The van der Waals surface area contributed by atoms with E-state index in [4.69, 9.17) is 29.4 Å². The van der Waals surface area contributed by atoms with Crippen LogP contribution < -0.4 is 15.2 Å². The summed E-state index contributed by atoms with van der Waals surface area (Å²) in [5, 5.41) is 0. The third kappa shape index (κ3) is 9.55. The number of allylic oxidation sites excluding steroid dienone is 6. The molecule has 0 unspecified atom stereocenters. The number of hydrogen-bond donors (Lipinski definition) is 1. The summed E-state index contributed by atoms with van der Waals surface area (Å²) in [6.45, 7) is 3.45. The van der Waals surface area contributed by atoms with Crippen LogP contribution >= 0.6 is 0 Å². The Labute approximate surface area is 308 Å². The van der Waals surface area contributed by atoms with Gasteiger partial charge in [-0.25, -0.2) is 0 Å². The number of ether oxygens (including phenoxy) is 5. The molecule has 7 nitrogen and oxygen atoms in total. The molecule has 0 aliphatic heterocycles. The fourth-order valence-corrected chi connectivity index (χ4v) is 8.94. The zero-order chi connectivity index (χ0) is 35.6. The predicted molar refractivity (Wildman–Crippen MR) is 206 cm³/mol. The first-order valence-electron chi connectivity index (χ1n) is 19.2. The molecule has 0 atom stereocenters. The van der Waals surface area contributed by atoms with E-state index in [0.717, 1.165) is 79.0 Å². The summed E-state index contributed by atoms with van der Waals surface area (Å²) in [6.07, 6.45) is 18.5. The molecular weight excluding hydrogens is 650 g/mol. The third-order valence-electron chi connectivity index (χ3n) is 11.2. The Balaban J connectivity index is 0.702. The highest BCUT2D eigenvalue weighted by atomic mass is 16.6. The minimum atomic E-state index is -0.163. The molecule has 3 aromatic rings. The molecule has 0 saturated heterocycles. The van der Waals surface area contributed by atoms with Crippen molar-refractivity contribution in [1.82, 2.24) is 0 Å². The first-order chi connectivity index (χ1) is 25.5. The van der Waals surface area contributed by atoms with E-state index in [2.05, 4.69) is 60.7 Å². The van der Waals surface area contributed by atoms with Crippen LogP contribution in [-0.2, 0) is 25.4 Å². The molecule has 8 rings (SSSR count). The molecule has 2 N–H and O–H groups in total. The molecule has 0 radical (unpaired) electrons. The number of nitrogens with two attached hydrogens (primary N) is 1. The maximum absolute atomic E-state index is 13.1. The van der Waals surface area contributed by atoms with E-state index in [1.807, 2.05) is 36.4 Å². The van der Waals surface area contributed by atoms with E-state index in [9.17, 15) is 4.79 Å². The van der Waals surface area contributed by atoms with Gasteiger partial charge in [-0.1, -0.05) is 60.7 Å². The lowest BCUT2D eigenvalue weighted by Crippen LogP contribution is -2.50. The smallest absolute Gasteiger partial charge is 0.312 e. The third-order valence-corrected chi connectivity index (χ3v) is 11.2. The van der Waals surface area contributed by atoms with E-state index in [1.54, 1.807) is 0 Å². The van der Waals surface area contributed by atoms with Gasteiger partial charge in [0.25, 0.3) is 0 Å². The number of benzene rings is 3. The molecule has 4 fully saturated rings. The van der Waals surface area contributed by atoms with Crippen LogP contribution in [0.4, 0.5) is 5.69 Å². The lowest BCUT2D eigenvalue weighted by Gasteiger charge is -2.55. The zero-order valence-electron chi connectivity index (χ0n) is 30.3. The molecule has 4 saturated carbocycles. The van der Waals surface area contributed by atoms with Crippen LogP contribution in [0.2, 0.25) is 0 Å².